The fraction of sp³-hybridized carbons (Fsp3) is 0.562. The SMILES string of the molecule is CCN1CCC(CNC(=O)c2ccc(OC)cc2N)CC1. The van der Waals surface area contributed by atoms with E-state index in [-0.39, 0.29) is 5.91 Å². The number of ether oxygens (including phenoxy) is 1. The van der Waals surface area contributed by atoms with Crippen LogP contribution in [0, 0.1) is 5.92 Å². The van der Waals surface area contributed by atoms with Gasteiger partial charge in [-0.3, -0.25) is 4.79 Å². The number of nitrogens with zero attached hydrogens (tertiary/aromatic N) is 1. The number of amides is 1. The fourth-order valence-corrected chi connectivity index (χ4v) is 2.71. The predicted octanol–water partition coefficient (Wildman–Crippen LogP) is 1.74. The molecular formula is C16H25N3O2. The Kier molecular flexibility index (Phi) is 5.44. The number of carbonyl (C=O) groups excluding carboxylic acids is 1. The summed E-state index contributed by atoms with van der Waals surface area (Å²) in [5, 5.41) is 3.00. The van der Waals surface area contributed by atoms with E-state index in [1.165, 1.54) is 0 Å². The number of hydrogen-bond donors (Lipinski definition) is 2. The number of hydrogen-bond acceptors (Lipinski definition) is 4. The molecule has 0 radical (unpaired) electrons. The molecule has 1 aromatic carbocycles. The van der Waals surface area contributed by atoms with Gasteiger partial charge in [-0.25, -0.2) is 0 Å². The lowest BCUT2D eigenvalue weighted by molar-refractivity contribution is 0.0937. The van der Waals surface area contributed by atoms with Gasteiger partial charge in [0, 0.05) is 18.3 Å². The first-order chi connectivity index (χ1) is 10.1. The van der Waals surface area contributed by atoms with Gasteiger partial charge in [0.1, 0.15) is 5.75 Å². The van der Waals surface area contributed by atoms with Crippen LogP contribution in [0.25, 0.3) is 0 Å². The lowest BCUT2D eigenvalue weighted by atomic mass is 9.96. The van der Waals surface area contributed by atoms with Gasteiger partial charge >= 0.3 is 0 Å². The molecule has 1 aliphatic rings. The Hall–Kier alpha value is -1.75. The average Bonchev–Trinajstić information content (AvgIpc) is 2.52. The highest BCUT2D eigenvalue weighted by Crippen LogP contribution is 2.20. The smallest absolute Gasteiger partial charge is 0.253 e. The average molecular weight is 291 g/mol. The molecule has 1 saturated heterocycles. The minimum Gasteiger partial charge on any atom is -0.497 e. The highest BCUT2D eigenvalue weighted by molar-refractivity contribution is 5.99. The summed E-state index contributed by atoms with van der Waals surface area (Å²) in [6.07, 6.45) is 2.29. The van der Waals surface area contributed by atoms with Crippen molar-refractivity contribution in [2.24, 2.45) is 5.92 Å². The van der Waals surface area contributed by atoms with E-state index in [0.717, 1.165) is 39.0 Å². The molecule has 1 amide bonds. The van der Waals surface area contributed by atoms with E-state index < -0.39 is 0 Å². The summed E-state index contributed by atoms with van der Waals surface area (Å²) >= 11 is 0. The number of likely N-dealkylation sites (tertiary alicyclic amines) is 1. The van der Waals surface area contributed by atoms with E-state index in [2.05, 4.69) is 17.1 Å². The Balaban J connectivity index is 1.85. The number of piperidine rings is 1. The van der Waals surface area contributed by atoms with Crippen LogP contribution in [0.4, 0.5) is 5.69 Å². The second-order valence-electron chi connectivity index (χ2n) is 5.54. The maximum Gasteiger partial charge on any atom is 0.253 e. The van der Waals surface area contributed by atoms with Crippen molar-refractivity contribution in [2.75, 3.05) is 39.0 Å². The molecule has 0 aliphatic carbocycles. The summed E-state index contributed by atoms with van der Waals surface area (Å²) in [5.41, 5.74) is 6.86. The molecule has 0 unspecified atom stereocenters. The van der Waals surface area contributed by atoms with Gasteiger partial charge in [0.25, 0.3) is 5.91 Å². The van der Waals surface area contributed by atoms with Crippen molar-refractivity contribution in [1.29, 1.82) is 0 Å². The molecule has 0 spiro atoms. The number of nitrogen functional groups attached to an aromatic ring is 1. The van der Waals surface area contributed by atoms with E-state index in [1.807, 2.05) is 0 Å². The third-order valence-corrected chi connectivity index (χ3v) is 4.21. The van der Waals surface area contributed by atoms with E-state index >= 15 is 0 Å². The van der Waals surface area contributed by atoms with Crippen LogP contribution in [0.15, 0.2) is 18.2 Å². The predicted molar refractivity (Wildman–Crippen MR) is 84.6 cm³/mol. The number of anilines is 1. The topological polar surface area (TPSA) is 67.6 Å². The maximum absolute atomic E-state index is 12.2. The summed E-state index contributed by atoms with van der Waals surface area (Å²) in [6, 6.07) is 5.14. The van der Waals surface area contributed by atoms with E-state index in [9.17, 15) is 4.79 Å². The van der Waals surface area contributed by atoms with Gasteiger partial charge in [-0.05, 0) is 50.5 Å². The summed E-state index contributed by atoms with van der Waals surface area (Å²) < 4.78 is 5.09. The van der Waals surface area contributed by atoms with E-state index in [1.54, 1.807) is 25.3 Å². The Morgan fingerprint density at radius 2 is 2.14 bits per heavy atom. The molecule has 1 fully saturated rings. The molecule has 2 rings (SSSR count). The lowest BCUT2D eigenvalue weighted by Gasteiger charge is -2.31. The summed E-state index contributed by atoms with van der Waals surface area (Å²) in [7, 11) is 1.58. The van der Waals surface area contributed by atoms with Crippen molar-refractivity contribution in [3.05, 3.63) is 23.8 Å². The van der Waals surface area contributed by atoms with Crippen LogP contribution in [0.1, 0.15) is 30.1 Å². The van der Waals surface area contributed by atoms with Gasteiger partial charge in [0.15, 0.2) is 0 Å². The van der Waals surface area contributed by atoms with Gasteiger partial charge in [0.05, 0.1) is 12.7 Å². The Bertz CT molecular complexity index is 482. The molecule has 21 heavy (non-hydrogen) atoms. The zero-order valence-electron chi connectivity index (χ0n) is 12.9. The van der Waals surface area contributed by atoms with E-state index in [0.29, 0.717) is 22.9 Å². The molecular weight excluding hydrogens is 266 g/mol. The first-order valence-corrected chi connectivity index (χ1v) is 7.58. The largest absolute Gasteiger partial charge is 0.497 e. The van der Waals surface area contributed by atoms with E-state index in [4.69, 9.17) is 10.5 Å². The minimum absolute atomic E-state index is 0.104. The van der Waals surface area contributed by atoms with Crippen molar-refractivity contribution in [3.63, 3.8) is 0 Å². The maximum atomic E-state index is 12.2. The highest BCUT2D eigenvalue weighted by Gasteiger charge is 2.19. The lowest BCUT2D eigenvalue weighted by Crippen LogP contribution is -2.38. The van der Waals surface area contributed by atoms with Gasteiger partial charge < -0.3 is 20.7 Å². The van der Waals surface area contributed by atoms with Crippen molar-refractivity contribution in [3.8, 4) is 5.75 Å². The van der Waals surface area contributed by atoms with Crippen molar-refractivity contribution in [2.45, 2.75) is 19.8 Å². The van der Waals surface area contributed by atoms with Gasteiger partial charge in [-0.1, -0.05) is 6.92 Å². The summed E-state index contributed by atoms with van der Waals surface area (Å²) in [6.45, 7) is 6.28. The van der Waals surface area contributed by atoms with Crippen LogP contribution >= 0.6 is 0 Å². The molecule has 1 heterocycles. The van der Waals surface area contributed by atoms with Crippen LogP contribution in [0.2, 0.25) is 0 Å². The molecule has 116 valence electrons. The highest BCUT2D eigenvalue weighted by atomic mass is 16.5. The number of nitrogens with one attached hydrogen (secondary N) is 1. The summed E-state index contributed by atoms with van der Waals surface area (Å²) in [5.74, 6) is 1.13. The second kappa shape index (κ2) is 7.31. The third kappa shape index (κ3) is 4.11. The minimum atomic E-state index is -0.104. The first kappa shape index (κ1) is 15.6. The Morgan fingerprint density at radius 3 is 2.71 bits per heavy atom. The molecule has 0 saturated carbocycles. The van der Waals surface area contributed by atoms with Gasteiger partial charge in [-0.2, -0.15) is 0 Å². The molecule has 0 bridgehead atoms. The summed E-state index contributed by atoms with van der Waals surface area (Å²) in [4.78, 5) is 14.6. The van der Waals surface area contributed by atoms with Crippen molar-refractivity contribution in [1.82, 2.24) is 10.2 Å². The zero-order valence-corrected chi connectivity index (χ0v) is 12.9. The van der Waals surface area contributed by atoms with Crippen LogP contribution in [0.5, 0.6) is 5.75 Å². The number of carbonyl (C=O) groups is 1. The van der Waals surface area contributed by atoms with Gasteiger partial charge in [-0.15, -0.1) is 0 Å². The monoisotopic (exact) mass is 291 g/mol. The standard InChI is InChI=1S/C16H25N3O2/c1-3-19-8-6-12(7-9-19)11-18-16(20)14-5-4-13(21-2)10-15(14)17/h4-5,10,12H,3,6-9,11,17H2,1-2H3,(H,18,20). The molecule has 0 aromatic heterocycles. The fourth-order valence-electron chi connectivity index (χ4n) is 2.71. The molecule has 5 heteroatoms. The van der Waals surface area contributed by atoms with Crippen LogP contribution in [-0.4, -0.2) is 44.1 Å². The van der Waals surface area contributed by atoms with Crippen molar-refractivity contribution >= 4 is 11.6 Å². The van der Waals surface area contributed by atoms with Gasteiger partial charge in [0.2, 0.25) is 0 Å². The van der Waals surface area contributed by atoms with Crippen molar-refractivity contribution < 1.29 is 9.53 Å². The number of rotatable bonds is 5. The first-order valence-electron chi connectivity index (χ1n) is 7.58. The molecule has 0 atom stereocenters. The third-order valence-electron chi connectivity index (χ3n) is 4.21. The van der Waals surface area contributed by atoms with Crippen LogP contribution < -0.4 is 15.8 Å². The normalized spacial score (nSPS) is 16.7. The molecule has 1 aromatic rings. The number of nitrogens with two attached hydrogens (primary N) is 1. The number of benzene rings is 1. The Morgan fingerprint density at radius 1 is 1.43 bits per heavy atom. The second-order valence-corrected chi connectivity index (χ2v) is 5.54. The van der Waals surface area contributed by atoms with Crippen LogP contribution in [-0.2, 0) is 0 Å². The Labute approximate surface area is 126 Å². The van der Waals surface area contributed by atoms with Crippen LogP contribution in [0.3, 0.4) is 0 Å². The molecule has 3 N–H and O–H groups in total. The zero-order chi connectivity index (χ0) is 15.2. The quantitative estimate of drug-likeness (QED) is 0.811. The molecule has 1 aliphatic heterocycles. The number of methoxy groups -OCH3 is 1. The molecule has 5 nitrogen and oxygen atoms in total.